The Balaban J connectivity index is 0.000000312. The fourth-order valence-corrected chi connectivity index (χ4v) is 1.97. The number of carbonyl (C=O) groups excluding carboxylic acids is 1. The SMILES string of the molecule is CC(=O)/C=C(/C)O.Cc1ccnc(-c2nc3ccccc3[n-]2)c1.[Ir]. The van der Waals surface area contributed by atoms with Crippen LogP contribution >= 0.6 is 0 Å². The number of aliphatic hydroxyl groups is 1. The van der Waals surface area contributed by atoms with Gasteiger partial charge in [0.1, 0.15) is 0 Å². The molecule has 0 aliphatic carbocycles. The molecule has 0 unspecified atom stereocenters. The molecule has 0 spiro atoms. The molecule has 0 fully saturated rings. The number of aliphatic hydroxyl groups excluding tert-OH is 1. The Hall–Kier alpha value is -2.30. The molecule has 0 amide bonds. The van der Waals surface area contributed by atoms with E-state index in [0.29, 0.717) is 5.82 Å². The molecule has 0 aliphatic heterocycles. The van der Waals surface area contributed by atoms with Gasteiger partial charge in [-0.3, -0.25) is 9.78 Å². The molecule has 6 heteroatoms. The molecule has 3 rings (SSSR count). The summed E-state index contributed by atoms with van der Waals surface area (Å²) < 4.78 is 0. The third-order valence-corrected chi connectivity index (χ3v) is 2.89. The molecule has 3 aromatic rings. The van der Waals surface area contributed by atoms with E-state index in [1.807, 2.05) is 43.3 Å². The Morgan fingerprint density at radius 2 is 1.92 bits per heavy atom. The number of hydrogen-bond donors (Lipinski definition) is 1. The molecule has 2 aromatic heterocycles. The molecule has 0 aliphatic rings. The molecule has 0 atom stereocenters. The maximum Gasteiger partial charge on any atom is 0.155 e. The van der Waals surface area contributed by atoms with Crippen LogP contribution in [0.25, 0.3) is 22.6 Å². The number of imidazole rings is 1. The number of nitrogens with zero attached hydrogens (tertiary/aromatic N) is 3. The maximum absolute atomic E-state index is 10.0. The Labute approximate surface area is 154 Å². The number of allylic oxidation sites excluding steroid dienone is 2. The number of aromatic nitrogens is 3. The van der Waals surface area contributed by atoms with Crippen LogP contribution in [0.3, 0.4) is 0 Å². The summed E-state index contributed by atoms with van der Waals surface area (Å²) in [6.45, 7) is 4.88. The van der Waals surface area contributed by atoms with Crippen LogP contribution in [0.2, 0.25) is 0 Å². The molecule has 0 bridgehead atoms. The van der Waals surface area contributed by atoms with E-state index in [4.69, 9.17) is 5.11 Å². The largest absolute Gasteiger partial charge is 0.512 e. The Morgan fingerprint density at radius 3 is 2.46 bits per heavy atom. The quantitative estimate of drug-likeness (QED) is 0.430. The van der Waals surface area contributed by atoms with Crippen LogP contribution in [0, 0.1) is 6.92 Å². The van der Waals surface area contributed by atoms with E-state index in [2.05, 4.69) is 15.0 Å². The molecule has 5 nitrogen and oxygen atoms in total. The van der Waals surface area contributed by atoms with Crippen molar-refractivity contribution in [3.05, 3.63) is 60.0 Å². The van der Waals surface area contributed by atoms with Crippen LogP contribution in [0.5, 0.6) is 0 Å². The normalized spacial score (nSPS) is 10.5. The number of benzene rings is 1. The minimum atomic E-state index is -0.125. The summed E-state index contributed by atoms with van der Waals surface area (Å²) in [5.74, 6) is 0.636. The Kier molecular flexibility index (Phi) is 7.49. The van der Waals surface area contributed by atoms with Gasteiger partial charge in [-0.2, -0.15) is 0 Å². The van der Waals surface area contributed by atoms with Crippen molar-refractivity contribution in [1.29, 1.82) is 0 Å². The predicted octanol–water partition coefficient (Wildman–Crippen LogP) is 3.60. The number of para-hydroxylation sites is 2. The van der Waals surface area contributed by atoms with Crippen molar-refractivity contribution in [2.75, 3.05) is 0 Å². The number of aryl methyl sites for hydroxylation is 1. The van der Waals surface area contributed by atoms with Gasteiger partial charge in [0.25, 0.3) is 0 Å². The maximum atomic E-state index is 10.0. The fourth-order valence-electron chi connectivity index (χ4n) is 1.97. The van der Waals surface area contributed by atoms with E-state index >= 15 is 0 Å². The first kappa shape index (κ1) is 19.7. The van der Waals surface area contributed by atoms with Crippen LogP contribution in [-0.4, -0.2) is 20.9 Å². The number of pyridine rings is 1. The van der Waals surface area contributed by atoms with Crippen molar-refractivity contribution < 1.29 is 30.0 Å². The molecular formula is C18H18IrN3O2-. The second kappa shape index (κ2) is 9.11. The number of carbonyl (C=O) groups is 1. The van der Waals surface area contributed by atoms with Gasteiger partial charge in [0, 0.05) is 32.4 Å². The number of rotatable bonds is 2. The van der Waals surface area contributed by atoms with Crippen LogP contribution in [0.15, 0.2) is 54.4 Å². The first-order valence-electron chi connectivity index (χ1n) is 7.16. The zero-order chi connectivity index (χ0) is 16.8. The topological polar surface area (TPSA) is 77.2 Å². The van der Waals surface area contributed by atoms with Crippen molar-refractivity contribution in [3.63, 3.8) is 0 Å². The molecule has 1 aromatic carbocycles. The molecule has 2 heterocycles. The minimum absolute atomic E-state index is 0. The summed E-state index contributed by atoms with van der Waals surface area (Å²) in [6, 6.07) is 11.8. The minimum Gasteiger partial charge on any atom is -0.512 e. The molecule has 0 saturated heterocycles. The van der Waals surface area contributed by atoms with Gasteiger partial charge in [0.15, 0.2) is 5.78 Å². The van der Waals surface area contributed by atoms with Crippen molar-refractivity contribution >= 4 is 16.8 Å². The molecule has 24 heavy (non-hydrogen) atoms. The second-order valence-electron chi connectivity index (χ2n) is 5.15. The monoisotopic (exact) mass is 501 g/mol. The molecule has 1 radical (unpaired) electrons. The molecule has 0 saturated carbocycles. The van der Waals surface area contributed by atoms with Gasteiger partial charge in [-0.25, -0.2) is 0 Å². The van der Waals surface area contributed by atoms with E-state index < -0.39 is 0 Å². The Morgan fingerprint density at radius 1 is 1.21 bits per heavy atom. The summed E-state index contributed by atoms with van der Waals surface area (Å²) >= 11 is 0. The third kappa shape index (κ3) is 5.72. The zero-order valence-corrected chi connectivity index (χ0v) is 16.0. The van der Waals surface area contributed by atoms with Gasteiger partial charge in [-0.05, 0) is 55.3 Å². The number of hydrogen-bond acceptors (Lipinski definition) is 4. The predicted molar refractivity (Wildman–Crippen MR) is 90.1 cm³/mol. The van der Waals surface area contributed by atoms with Crippen molar-refractivity contribution in [2.45, 2.75) is 20.8 Å². The first-order valence-corrected chi connectivity index (χ1v) is 7.16. The summed E-state index contributed by atoms with van der Waals surface area (Å²) in [7, 11) is 0. The van der Waals surface area contributed by atoms with E-state index in [1.54, 1.807) is 6.20 Å². The van der Waals surface area contributed by atoms with Gasteiger partial charge in [0.05, 0.1) is 11.5 Å². The van der Waals surface area contributed by atoms with Gasteiger partial charge in [-0.15, -0.1) is 0 Å². The standard InChI is InChI=1S/C13H10N3.C5H8O2.Ir/c1-9-6-7-14-12(8-9)13-15-10-4-2-3-5-11(10)16-13;1-4(6)3-5(2)7;/h2-8H,1H3;3,6H,1-2H3;/q-1;;/b;4-3-;. The fraction of sp³-hybridized carbons (Fsp3) is 0.167. The zero-order valence-electron chi connectivity index (χ0n) is 13.6. The van der Waals surface area contributed by atoms with Gasteiger partial charge < -0.3 is 15.1 Å². The number of ketones is 1. The average molecular weight is 501 g/mol. The Bertz CT molecular complexity index is 819. The molecule has 1 N–H and O–H groups in total. The average Bonchev–Trinajstić information content (AvgIpc) is 2.90. The van der Waals surface area contributed by atoms with E-state index in [9.17, 15) is 4.79 Å². The molecular weight excluding hydrogens is 482 g/mol. The van der Waals surface area contributed by atoms with Crippen molar-refractivity contribution in [3.8, 4) is 11.5 Å². The van der Waals surface area contributed by atoms with Gasteiger partial charge in [-0.1, -0.05) is 24.3 Å². The first-order chi connectivity index (χ1) is 11.0. The van der Waals surface area contributed by atoms with Crippen molar-refractivity contribution in [2.24, 2.45) is 0 Å². The van der Waals surface area contributed by atoms with E-state index in [0.717, 1.165) is 16.7 Å². The van der Waals surface area contributed by atoms with Gasteiger partial charge in [0.2, 0.25) is 0 Å². The smallest absolute Gasteiger partial charge is 0.155 e. The number of fused-ring (bicyclic) bond motifs is 1. The summed E-state index contributed by atoms with van der Waals surface area (Å²) in [4.78, 5) is 23.2. The third-order valence-electron chi connectivity index (χ3n) is 2.89. The van der Waals surface area contributed by atoms with E-state index in [1.165, 1.54) is 25.5 Å². The van der Waals surface area contributed by atoms with Crippen molar-refractivity contribution in [1.82, 2.24) is 15.0 Å². The van der Waals surface area contributed by atoms with E-state index in [-0.39, 0.29) is 31.6 Å². The second-order valence-corrected chi connectivity index (χ2v) is 5.15. The summed E-state index contributed by atoms with van der Waals surface area (Å²) in [5.41, 5.74) is 3.83. The van der Waals surface area contributed by atoms with Gasteiger partial charge >= 0.3 is 0 Å². The summed E-state index contributed by atoms with van der Waals surface area (Å²) in [6.07, 6.45) is 2.95. The van der Waals surface area contributed by atoms with Crippen LogP contribution in [0.1, 0.15) is 19.4 Å². The molecule has 127 valence electrons. The van der Waals surface area contributed by atoms with Crippen LogP contribution < -0.4 is 4.98 Å². The van der Waals surface area contributed by atoms with Crippen LogP contribution in [0.4, 0.5) is 0 Å². The van der Waals surface area contributed by atoms with Crippen LogP contribution in [-0.2, 0) is 24.9 Å². The summed E-state index contributed by atoms with van der Waals surface area (Å²) in [5, 5.41) is 8.36.